The van der Waals surface area contributed by atoms with E-state index in [4.69, 9.17) is 21.2 Å². The summed E-state index contributed by atoms with van der Waals surface area (Å²) in [5.41, 5.74) is 12.5. The summed E-state index contributed by atoms with van der Waals surface area (Å²) in [5, 5.41) is 5.41. The topological polar surface area (TPSA) is 117 Å². The fourth-order valence-corrected chi connectivity index (χ4v) is 4.16. The molecular formula is C22H23F2N7O. The highest BCUT2D eigenvalue weighted by Crippen LogP contribution is 2.47. The van der Waals surface area contributed by atoms with Gasteiger partial charge in [0.2, 0.25) is 5.95 Å². The van der Waals surface area contributed by atoms with Gasteiger partial charge < -0.3 is 16.2 Å². The monoisotopic (exact) mass is 439 g/mol. The zero-order valence-corrected chi connectivity index (χ0v) is 17.7. The van der Waals surface area contributed by atoms with Crippen molar-refractivity contribution in [2.75, 3.05) is 12.8 Å². The number of aromatic nitrogens is 5. The largest absolute Gasteiger partial charge is 0.494 e. The molecule has 0 radical (unpaired) electrons. The number of hydrogen-bond donors (Lipinski definition) is 2. The van der Waals surface area contributed by atoms with Gasteiger partial charge in [-0.3, -0.25) is 4.98 Å². The van der Waals surface area contributed by atoms with Crippen LogP contribution in [0.1, 0.15) is 48.7 Å². The van der Waals surface area contributed by atoms with Crippen molar-refractivity contribution >= 4 is 22.5 Å². The van der Waals surface area contributed by atoms with Crippen molar-refractivity contribution in [2.45, 2.75) is 43.6 Å². The molecule has 0 aliphatic heterocycles. The lowest BCUT2D eigenvalue weighted by Gasteiger charge is -2.34. The van der Waals surface area contributed by atoms with Gasteiger partial charge in [-0.15, -0.1) is 5.10 Å². The SMILES string of the molecule is COc1cccc2c1nc(N)n1nc([C@H]3C[C@H](c4ccc(C(C)(N)C(F)F)nc4)C3)nc21. The van der Waals surface area contributed by atoms with Crippen LogP contribution in [-0.2, 0) is 5.54 Å². The molecule has 1 saturated carbocycles. The quantitative estimate of drug-likeness (QED) is 0.490. The van der Waals surface area contributed by atoms with Gasteiger partial charge in [-0.05, 0) is 49.4 Å². The van der Waals surface area contributed by atoms with Crippen LogP contribution in [0.5, 0.6) is 5.75 Å². The van der Waals surface area contributed by atoms with Gasteiger partial charge >= 0.3 is 0 Å². The predicted molar refractivity (Wildman–Crippen MR) is 116 cm³/mol. The first-order valence-corrected chi connectivity index (χ1v) is 10.3. The molecule has 1 aromatic carbocycles. The maximum atomic E-state index is 13.1. The summed E-state index contributed by atoms with van der Waals surface area (Å²) in [6, 6.07) is 9.04. The number of halogens is 2. The molecule has 1 aliphatic carbocycles. The first-order chi connectivity index (χ1) is 15.3. The third-order valence-electron chi connectivity index (χ3n) is 6.29. The Kier molecular flexibility index (Phi) is 4.70. The third kappa shape index (κ3) is 3.13. The van der Waals surface area contributed by atoms with Crippen LogP contribution in [-0.4, -0.2) is 38.1 Å². The Labute approximate surface area is 182 Å². The highest BCUT2D eigenvalue weighted by atomic mass is 19.3. The van der Waals surface area contributed by atoms with E-state index in [9.17, 15) is 8.78 Å². The Morgan fingerprint density at radius 1 is 1.16 bits per heavy atom. The molecule has 1 unspecified atom stereocenters. The highest BCUT2D eigenvalue weighted by molar-refractivity contribution is 5.95. The van der Waals surface area contributed by atoms with Gasteiger partial charge in [-0.25, -0.2) is 18.7 Å². The van der Waals surface area contributed by atoms with Crippen LogP contribution in [0.3, 0.4) is 0 Å². The molecule has 0 bridgehead atoms. The molecule has 4 aromatic rings. The summed E-state index contributed by atoms with van der Waals surface area (Å²) in [7, 11) is 1.59. The summed E-state index contributed by atoms with van der Waals surface area (Å²) in [6.07, 6.45) is 0.623. The summed E-state index contributed by atoms with van der Waals surface area (Å²) in [6.45, 7) is 1.29. The number of nitrogens with zero attached hydrogens (tertiary/aromatic N) is 5. The van der Waals surface area contributed by atoms with Crippen LogP contribution in [0.25, 0.3) is 16.6 Å². The number of alkyl halides is 2. The lowest BCUT2D eigenvalue weighted by atomic mass is 9.71. The number of fused-ring (bicyclic) bond motifs is 3. The normalized spacial score (nSPS) is 20.4. The van der Waals surface area contributed by atoms with E-state index in [1.165, 1.54) is 6.92 Å². The van der Waals surface area contributed by atoms with E-state index in [2.05, 4.69) is 15.1 Å². The average molecular weight is 439 g/mol. The van der Waals surface area contributed by atoms with Gasteiger partial charge in [0.1, 0.15) is 16.8 Å². The van der Waals surface area contributed by atoms with Crippen molar-refractivity contribution in [3.63, 3.8) is 0 Å². The van der Waals surface area contributed by atoms with E-state index in [0.717, 1.165) is 23.8 Å². The summed E-state index contributed by atoms with van der Waals surface area (Å²) >= 11 is 0. The number of nitrogen functional groups attached to an aromatic ring is 1. The average Bonchev–Trinajstić information content (AvgIpc) is 3.18. The number of para-hydroxylation sites is 1. The first-order valence-electron chi connectivity index (χ1n) is 10.3. The van der Waals surface area contributed by atoms with Crippen LogP contribution < -0.4 is 16.2 Å². The molecule has 0 amide bonds. The molecular weight excluding hydrogens is 416 g/mol. The maximum absolute atomic E-state index is 13.1. The molecule has 1 fully saturated rings. The molecule has 1 aliphatic rings. The van der Waals surface area contributed by atoms with E-state index in [1.807, 2.05) is 24.3 Å². The standard InChI is InChI=1S/C22H23F2N7O/c1-22(26,20(23)24)16-7-6-11(10-27-16)12-8-13(9-12)18-29-19-14-4-3-5-15(32-2)17(14)28-21(25)31(19)30-18/h3-7,10,12-13,20H,8-9,26H2,1-2H3,(H2,25,28)/t12-,13-,22?. The van der Waals surface area contributed by atoms with Gasteiger partial charge in [0.25, 0.3) is 6.43 Å². The van der Waals surface area contributed by atoms with Gasteiger partial charge in [0.15, 0.2) is 11.5 Å². The van der Waals surface area contributed by atoms with E-state index >= 15 is 0 Å². The van der Waals surface area contributed by atoms with Crippen molar-refractivity contribution in [2.24, 2.45) is 5.73 Å². The molecule has 166 valence electrons. The summed E-state index contributed by atoms with van der Waals surface area (Å²) in [4.78, 5) is 13.4. The maximum Gasteiger partial charge on any atom is 0.261 e. The lowest BCUT2D eigenvalue weighted by Crippen LogP contribution is -2.41. The summed E-state index contributed by atoms with van der Waals surface area (Å²) < 4.78 is 33.2. The first kappa shape index (κ1) is 20.5. The minimum Gasteiger partial charge on any atom is -0.494 e. The molecule has 3 aromatic heterocycles. The van der Waals surface area contributed by atoms with Crippen molar-refractivity contribution in [3.8, 4) is 5.75 Å². The molecule has 0 saturated heterocycles. The zero-order valence-electron chi connectivity index (χ0n) is 17.7. The Balaban J connectivity index is 1.38. The van der Waals surface area contributed by atoms with Crippen molar-refractivity contribution in [3.05, 3.63) is 53.6 Å². The minimum absolute atomic E-state index is 0.167. The highest BCUT2D eigenvalue weighted by Gasteiger charge is 2.37. The number of anilines is 1. The van der Waals surface area contributed by atoms with Gasteiger partial charge in [-0.1, -0.05) is 12.1 Å². The second kappa shape index (κ2) is 7.33. The Morgan fingerprint density at radius 2 is 1.94 bits per heavy atom. The van der Waals surface area contributed by atoms with Crippen molar-refractivity contribution in [1.29, 1.82) is 0 Å². The molecule has 5 rings (SSSR count). The van der Waals surface area contributed by atoms with E-state index in [0.29, 0.717) is 22.7 Å². The van der Waals surface area contributed by atoms with Gasteiger partial charge in [-0.2, -0.15) is 4.52 Å². The number of ether oxygens (including phenoxy) is 1. The fraction of sp³-hybridized carbons (Fsp3) is 0.364. The van der Waals surface area contributed by atoms with E-state index < -0.39 is 12.0 Å². The second-order valence-corrected chi connectivity index (χ2v) is 8.46. The molecule has 0 spiro atoms. The fourth-order valence-electron chi connectivity index (χ4n) is 4.16. The van der Waals surface area contributed by atoms with Crippen LogP contribution in [0.4, 0.5) is 14.7 Å². The minimum atomic E-state index is -2.69. The Bertz CT molecular complexity index is 1300. The van der Waals surface area contributed by atoms with Gasteiger partial charge in [0, 0.05) is 17.5 Å². The summed E-state index contributed by atoms with van der Waals surface area (Å²) in [5.74, 6) is 2.01. The number of rotatable bonds is 5. The number of pyridine rings is 1. The van der Waals surface area contributed by atoms with E-state index in [-0.39, 0.29) is 23.5 Å². The smallest absolute Gasteiger partial charge is 0.261 e. The number of hydrogen-bond acceptors (Lipinski definition) is 7. The molecule has 10 heteroatoms. The second-order valence-electron chi connectivity index (χ2n) is 8.46. The molecule has 4 N–H and O–H groups in total. The van der Waals surface area contributed by atoms with Crippen LogP contribution in [0, 0.1) is 0 Å². The van der Waals surface area contributed by atoms with Gasteiger partial charge in [0.05, 0.1) is 12.8 Å². The number of methoxy groups -OCH3 is 1. The van der Waals surface area contributed by atoms with Crippen molar-refractivity contribution < 1.29 is 13.5 Å². The van der Waals surface area contributed by atoms with E-state index in [1.54, 1.807) is 23.9 Å². The number of nitrogens with two attached hydrogens (primary N) is 2. The molecule has 8 nitrogen and oxygen atoms in total. The van der Waals surface area contributed by atoms with Crippen molar-refractivity contribution in [1.82, 2.24) is 24.6 Å². The zero-order chi connectivity index (χ0) is 22.6. The molecule has 32 heavy (non-hydrogen) atoms. The molecule has 3 heterocycles. The molecule has 1 atom stereocenters. The Morgan fingerprint density at radius 3 is 2.59 bits per heavy atom. The Hall–Kier alpha value is -3.40. The lowest BCUT2D eigenvalue weighted by molar-refractivity contribution is 0.0601. The number of benzene rings is 1. The predicted octanol–water partition coefficient (Wildman–Crippen LogP) is 3.36. The third-order valence-corrected chi connectivity index (χ3v) is 6.29. The van der Waals surface area contributed by atoms with Crippen LogP contribution in [0.15, 0.2) is 36.5 Å². The van der Waals surface area contributed by atoms with Crippen LogP contribution >= 0.6 is 0 Å². The van der Waals surface area contributed by atoms with Crippen LogP contribution in [0.2, 0.25) is 0 Å².